The van der Waals surface area contributed by atoms with E-state index in [0.717, 1.165) is 92.1 Å². The highest BCUT2D eigenvalue weighted by atomic mass is 16.5. The van der Waals surface area contributed by atoms with Gasteiger partial charge in [-0.05, 0) is 23.9 Å². The van der Waals surface area contributed by atoms with Crippen LogP contribution in [-0.4, -0.2) is 115 Å². The molecule has 0 radical (unpaired) electrons. The minimum absolute atomic E-state index is 0.0980. The fraction of sp³-hybridized carbons (Fsp3) is 0.452. The summed E-state index contributed by atoms with van der Waals surface area (Å²) >= 11 is 0. The van der Waals surface area contributed by atoms with Crippen molar-refractivity contribution in [3.05, 3.63) is 59.9 Å². The highest BCUT2D eigenvalue weighted by Gasteiger charge is 2.28. The highest BCUT2D eigenvalue weighted by Crippen LogP contribution is 2.36. The van der Waals surface area contributed by atoms with E-state index in [1.165, 1.54) is 6.08 Å². The Morgan fingerprint density at radius 1 is 1.00 bits per heavy atom. The quantitative estimate of drug-likeness (QED) is 0.288. The number of morpholine rings is 1. The molecule has 0 spiro atoms. The summed E-state index contributed by atoms with van der Waals surface area (Å²) in [5, 5.41) is 23.2. The van der Waals surface area contributed by atoms with Crippen LogP contribution in [0.2, 0.25) is 0 Å². The van der Waals surface area contributed by atoms with Crippen LogP contribution < -0.4 is 14.5 Å². The van der Waals surface area contributed by atoms with Gasteiger partial charge in [-0.25, -0.2) is 0 Å². The van der Waals surface area contributed by atoms with Crippen LogP contribution in [0.5, 0.6) is 11.8 Å². The average molecular weight is 575 g/mol. The van der Waals surface area contributed by atoms with Gasteiger partial charge in [0.05, 0.1) is 25.5 Å². The number of ether oxygens (including phenoxy) is 2. The normalized spacial score (nSPS) is 18.8. The predicted octanol–water partition coefficient (Wildman–Crippen LogP) is 1.80. The molecule has 3 aromatic rings. The zero-order valence-electron chi connectivity index (χ0n) is 23.8. The van der Waals surface area contributed by atoms with Crippen molar-refractivity contribution < 1.29 is 24.5 Å². The number of aromatic hydroxyl groups is 1. The van der Waals surface area contributed by atoms with Crippen molar-refractivity contribution in [1.29, 1.82) is 0 Å². The molecule has 4 heterocycles. The summed E-state index contributed by atoms with van der Waals surface area (Å²) in [4.78, 5) is 29.3. The Morgan fingerprint density at radius 2 is 1.81 bits per heavy atom. The lowest BCUT2D eigenvalue weighted by Gasteiger charge is -2.38. The number of anilines is 2. The van der Waals surface area contributed by atoms with E-state index >= 15 is 0 Å². The number of aliphatic hydroxyl groups excluding tert-OH is 1. The monoisotopic (exact) mass is 574 g/mol. The number of carbonyl (C=O) groups excluding carboxylic acids is 1. The van der Waals surface area contributed by atoms with Crippen LogP contribution in [0.4, 0.5) is 11.5 Å². The molecule has 11 heteroatoms. The van der Waals surface area contributed by atoms with Crippen LogP contribution in [0, 0.1) is 0 Å². The van der Waals surface area contributed by atoms with Crippen molar-refractivity contribution in [2.45, 2.75) is 19.1 Å². The molecule has 1 atom stereocenters. The SMILES string of the molecule is O=CC=CN1CCN(c2nc(OC[C@@H](O)CN3CCOCC3)nc3c2CCN(c2cc(O)cc4ccccc24)C3)CC1. The van der Waals surface area contributed by atoms with Crippen LogP contribution >= 0.6 is 0 Å². The fourth-order valence-electron chi connectivity index (χ4n) is 6.00. The third-order valence-corrected chi connectivity index (χ3v) is 8.15. The fourth-order valence-corrected chi connectivity index (χ4v) is 6.00. The van der Waals surface area contributed by atoms with Crippen LogP contribution in [-0.2, 0) is 22.5 Å². The maximum absolute atomic E-state index is 10.8. The van der Waals surface area contributed by atoms with Gasteiger partial charge in [0.25, 0.3) is 0 Å². The number of hydrogen-bond acceptors (Lipinski definition) is 11. The zero-order chi connectivity index (χ0) is 28.9. The first-order valence-electron chi connectivity index (χ1n) is 14.7. The molecule has 2 N–H and O–H groups in total. The molecule has 3 aliphatic heterocycles. The third-order valence-electron chi connectivity index (χ3n) is 8.15. The molecule has 0 unspecified atom stereocenters. The molecule has 1 aromatic heterocycles. The van der Waals surface area contributed by atoms with Crippen LogP contribution in [0.25, 0.3) is 10.8 Å². The molecule has 0 saturated carbocycles. The third kappa shape index (κ3) is 6.43. The number of hydrogen-bond donors (Lipinski definition) is 2. The summed E-state index contributed by atoms with van der Waals surface area (Å²) in [5.74, 6) is 1.11. The molecule has 2 aromatic carbocycles. The van der Waals surface area contributed by atoms with E-state index in [2.05, 4.69) is 25.7 Å². The molecular formula is C31H38N6O5. The number of fused-ring (bicyclic) bond motifs is 2. The summed E-state index contributed by atoms with van der Waals surface area (Å²) in [6.45, 7) is 7.93. The summed E-state index contributed by atoms with van der Waals surface area (Å²) in [6.07, 6.45) is 4.23. The van der Waals surface area contributed by atoms with Gasteiger partial charge in [-0.2, -0.15) is 9.97 Å². The van der Waals surface area contributed by atoms with Gasteiger partial charge in [0.2, 0.25) is 0 Å². The van der Waals surface area contributed by atoms with E-state index < -0.39 is 6.10 Å². The molecule has 6 rings (SSSR count). The van der Waals surface area contributed by atoms with Crippen molar-refractivity contribution in [2.75, 3.05) is 82.0 Å². The Kier molecular flexibility index (Phi) is 8.68. The lowest BCUT2D eigenvalue weighted by atomic mass is 10.0. The topological polar surface area (TPSA) is 115 Å². The van der Waals surface area contributed by atoms with Gasteiger partial charge in [-0.1, -0.05) is 24.3 Å². The van der Waals surface area contributed by atoms with Crippen LogP contribution in [0.3, 0.4) is 0 Å². The predicted molar refractivity (Wildman–Crippen MR) is 160 cm³/mol. The van der Waals surface area contributed by atoms with E-state index in [1.54, 1.807) is 6.07 Å². The van der Waals surface area contributed by atoms with E-state index in [-0.39, 0.29) is 18.4 Å². The van der Waals surface area contributed by atoms with Crippen molar-refractivity contribution in [2.24, 2.45) is 0 Å². The number of aromatic nitrogens is 2. The molecule has 2 fully saturated rings. The maximum atomic E-state index is 10.8. The minimum Gasteiger partial charge on any atom is -0.508 e. The number of rotatable bonds is 9. The second kappa shape index (κ2) is 12.9. The summed E-state index contributed by atoms with van der Waals surface area (Å²) in [6, 6.07) is 11.9. The standard InChI is InChI=1S/C31H38N6O5/c38-15-3-7-34-9-11-36(12-10-34)30-27-6-8-37(29-19-24(39)18-23-4-1-2-5-26(23)29)21-28(27)32-31(33-30)42-22-25(40)20-35-13-16-41-17-14-35/h1-5,7,15,18-19,25,39-40H,6,8-14,16-17,20-22H2/t25-/m0/s1. The molecule has 2 saturated heterocycles. The van der Waals surface area contributed by atoms with Crippen molar-refractivity contribution in [1.82, 2.24) is 19.8 Å². The smallest absolute Gasteiger partial charge is 0.318 e. The molecule has 3 aliphatic rings. The minimum atomic E-state index is -0.672. The molecule has 0 amide bonds. The van der Waals surface area contributed by atoms with Gasteiger partial charge < -0.3 is 34.4 Å². The zero-order valence-corrected chi connectivity index (χ0v) is 23.8. The second-order valence-electron chi connectivity index (χ2n) is 11.0. The largest absolute Gasteiger partial charge is 0.508 e. The number of piperazine rings is 1. The summed E-state index contributed by atoms with van der Waals surface area (Å²) in [7, 11) is 0. The second-order valence-corrected chi connectivity index (χ2v) is 11.0. The van der Waals surface area contributed by atoms with Gasteiger partial charge in [0, 0.05) is 81.3 Å². The first kappa shape index (κ1) is 28.2. The van der Waals surface area contributed by atoms with Crippen LogP contribution in [0.15, 0.2) is 48.7 Å². The number of aldehydes is 1. The number of nitrogens with zero attached hydrogens (tertiary/aromatic N) is 6. The summed E-state index contributed by atoms with van der Waals surface area (Å²) in [5.41, 5.74) is 2.96. The number of β-amino-alcohol motifs (C(OH)–C–C–N with tert-alkyl or cyclic N) is 1. The number of phenolic OH excluding ortho intramolecular Hbond substituents is 1. The molecule has 11 nitrogen and oxygen atoms in total. The number of phenols is 1. The van der Waals surface area contributed by atoms with Crippen molar-refractivity contribution in [3.8, 4) is 11.8 Å². The van der Waals surface area contributed by atoms with Crippen molar-refractivity contribution >= 4 is 28.6 Å². The van der Waals surface area contributed by atoms with E-state index in [9.17, 15) is 15.0 Å². The summed E-state index contributed by atoms with van der Waals surface area (Å²) < 4.78 is 11.4. The van der Waals surface area contributed by atoms with Gasteiger partial charge in [0.1, 0.15) is 30.6 Å². The Bertz CT molecular complexity index is 1420. The molecule has 0 bridgehead atoms. The lowest BCUT2D eigenvalue weighted by molar-refractivity contribution is -0.104. The van der Waals surface area contributed by atoms with Crippen LogP contribution in [0.1, 0.15) is 11.3 Å². The van der Waals surface area contributed by atoms with Gasteiger partial charge in [-0.3, -0.25) is 9.69 Å². The number of allylic oxidation sites excluding steroid dienone is 1. The van der Waals surface area contributed by atoms with E-state index in [4.69, 9.17) is 19.4 Å². The first-order valence-corrected chi connectivity index (χ1v) is 14.7. The van der Waals surface area contributed by atoms with E-state index in [1.807, 2.05) is 30.5 Å². The Balaban J connectivity index is 1.25. The Hall–Kier alpha value is -3.93. The van der Waals surface area contributed by atoms with Gasteiger partial charge in [-0.15, -0.1) is 0 Å². The van der Waals surface area contributed by atoms with Gasteiger partial charge >= 0.3 is 6.01 Å². The van der Waals surface area contributed by atoms with Crippen molar-refractivity contribution in [3.63, 3.8) is 0 Å². The first-order chi connectivity index (χ1) is 20.6. The molecular weight excluding hydrogens is 536 g/mol. The Labute approximate surface area is 245 Å². The average Bonchev–Trinajstić information content (AvgIpc) is 3.02. The molecule has 222 valence electrons. The number of aliphatic hydroxyl groups is 1. The molecule has 0 aliphatic carbocycles. The Morgan fingerprint density at radius 3 is 2.62 bits per heavy atom. The molecule has 42 heavy (non-hydrogen) atoms. The lowest BCUT2D eigenvalue weighted by Crippen LogP contribution is -2.45. The maximum Gasteiger partial charge on any atom is 0.318 e. The number of carbonyl (C=O) groups is 1. The highest BCUT2D eigenvalue weighted by molar-refractivity contribution is 5.95. The van der Waals surface area contributed by atoms with Gasteiger partial charge in [0.15, 0.2) is 0 Å². The van der Waals surface area contributed by atoms with E-state index in [0.29, 0.717) is 26.3 Å². The number of benzene rings is 2.